The Morgan fingerprint density at radius 1 is 1.37 bits per heavy atom. The van der Waals surface area contributed by atoms with Gasteiger partial charge >= 0.3 is 5.69 Å². The summed E-state index contributed by atoms with van der Waals surface area (Å²) in [5, 5.41) is 13.8. The number of hydrogen-bond donors (Lipinski definition) is 1. The van der Waals surface area contributed by atoms with Gasteiger partial charge in [0.15, 0.2) is 0 Å². The molecule has 0 spiro atoms. The van der Waals surface area contributed by atoms with E-state index >= 15 is 0 Å². The van der Waals surface area contributed by atoms with Crippen molar-refractivity contribution in [1.82, 2.24) is 0 Å². The molecule has 0 bridgehead atoms. The zero-order valence-electron chi connectivity index (χ0n) is 14.2. The second-order valence-corrected chi connectivity index (χ2v) is 6.61. The lowest BCUT2D eigenvalue weighted by molar-refractivity contribution is -0.387. The summed E-state index contributed by atoms with van der Waals surface area (Å²) >= 11 is 6.10. The van der Waals surface area contributed by atoms with Crippen molar-refractivity contribution in [3.63, 3.8) is 0 Å². The van der Waals surface area contributed by atoms with Crippen LogP contribution in [0.5, 0.6) is 0 Å². The first kappa shape index (κ1) is 18.8. The number of nitro benzene ring substituents is 1. The second kappa shape index (κ2) is 7.32. The van der Waals surface area contributed by atoms with Gasteiger partial charge in [0.05, 0.1) is 10.8 Å². The number of rotatable bonds is 4. The molecule has 9 heteroatoms. The zero-order valence-corrected chi connectivity index (χ0v) is 15.0. The molecule has 1 aliphatic rings. The molecule has 0 unspecified atom stereocenters. The normalized spacial score (nSPS) is 16.5. The highest BCUT2D eigenvalue weighted by atomic mass is 35.5. The van der Waals surface area contributed by atoms with Gasteiger partial charge in [-0.3, -0.25) is 19.7 Å². The molecule has 2 aromatic rings. The molecule has 2 aromatic carbocycles. The summed E-state index contributed by atoms with van der Waals surface area (Å²) in [6.45, 7) is 1.95. The highest BCUT2D eigenvalue weighted by Gasteiger charge is 2.36. The van der Waals surface area contributed by atoms with Crippen LogP contribution < -0.4 is 10.2 Å². The predicted octanol–water partition coefficient (Wildman–Crippen LogP) is 3.69. The van der Waals surface area contributed by atoms with Gasteiger partial charge in [-0.05, 0) is 36.8 Å². The molecule has 1 fully saturated rings. The van der Waals surface area contributed by atoms with E-state index < -0.39 is 28.3 Å². The molecule has 27 heavy (non-hydrogen) atoms. The summed E-state index contributed by atoms with van der Waals surface area (Å²) in [4.78, 5) is 36.3. The summed E-state index contributed by atoms with van der Waals surface area (Å²) in [6.07, 6.45) is 0.00107. The molecular formula is C18H15ClFN3O4. The monoisotopic (exact) mass is 391 g/mol. The summed E-state index contributed by atoms with van der Waals surface area (Å²) in [5.41, 5.74) is 0.743. The zero-order chi connectivity index (χ0) is 19.7. The highest BCUT2D eigenvalue weighted by Crippen LogP contribution is 2.32. The van der Waals surface area contributed by atoms with Crippen LogP contribution >= 0.6 is 11.6 Å². The first-order valence-corrected chi connectivity index (χ1v) is 8.46. The Labute approximate surface area is 158 Å². The van der Waals surface area contributed by atoms with Gasteiger partial charge in [0.1, 0.15) is 0 Å². The van der Waals surface area contributed by atoms with Gasteiger partial charge in [0.25, 0.3) is 0 Å². The molecule has 1 atom stereocenters. The number of carbonyl (C=O) groups is 2. The van der Waals surface area contributed by atoms with E-state index in [1.807, 2.05) is 0 Å². The van der Waals surface area contributed by atoms with E-state index in [0.717, 1.165) is 17.7 Å². The Kier molecular flexibility index (Phi) is 5.09. The molecule has 0 saturated carbocycles. The van der Waals surface area contributed by atoms with E-state index in [1.165, 1.54) is 11.0 Å². The van der Waals surface area contributed by atoms with E-state index in [4.69, 9.17) is 11.6 Å². The van der Waals surface area contributed by atoms with Gasteiger partial charge in [-0.2, -0.15) is 4.39 Å². The van der Waals surface area contributed by atoms with E-state index in [-0.39, 0.29) is 24.6 Å². The van der Waals surface area contributed by atoms with Crippen LogP contribution in [0.1, 0.15) is 12.0 Å². The van der Waals surface area contributed by atoms with Crippen molar-refractivity contribution in [2.45, 2.75) is 13.3 Å². The lowest BCUT2D eigenvalue weighted by Crippen LogP contribution is -2.28. The Morgan fingerprint density at radius 3 is 2.81 bits per heavy atom. The molecular weight excluding hydrogens is 377 g/mol. The van der Waals surface area contributed by atoms with Crippen LogP contribution in [-0.4, -0.2) is 23.3 Å². The SMILES string of the molecule is Cc1c(Cl)cccc1N1C[C@@H](C(=O)Nc2ccc(F)c([N+](=O)[O-])c2)CC1=O. The van der Waals surface area contributed by atoms with Gasteiger partial charge in [-0.25, -0.2) is 0 Å². The maximum Gasteiger partial charge on any atom is 0.306 e. The third-order valence-corrected chi connectivity index (χ3v) is 4.85. The average molecular weight is 392 g/mol. The largest absolute Gasteiger partial charge is 0.326 e. The van der Waals surface area contributed by atoms with Gasteiger partial charge in [-0.15, -0.1) is 0 Å². The van der Waals surface area contributed by atoms with Gasteiger partial charge in [-0.1, -0.05) is 17.7 Å². The van der Waals surface area contributed by atoms with Crippen molar-refractivity contribution in [3.8, 4) is 0 Å². The Morgan fingerprint density at radius 2 is 2.11 bits per heavy atom. The number of amides is 2. The van der Waals surface area contributed by atoms with Crippen LogP contribution in [0.15, 0.2) is 36.4 Å². The standard InChI is InChI=1S/C18H15ClFN3O4/c1-10-13(19)3-2-4-15(10)22-9-11(7-17(22)24)18(25)21-12-5-6-14(20)16(8-12)23(26)27/h2-6,8,11H,7,9H2,1H3,(H,21,25)/t11-/m0/s1. The number of anilines is 2. The minimum atomic E-state index is -0.989. The van der Waals surface area contributed by atoms with Gasteiger partial charge in [0.2, 0.25) is 17.6 Å². The van der Waals surface area contributed by atoms with Crippen LogP contribution in [0.3, 0.4) is 0 Å². The molecule has 1 saturated heterocycles. The minimum absolute atomic E-state index is 0.00107. The number of nitrogens with one attached hydrogen (secondary N) is 1. The van der Waals surface area contributed by atoms with Crippen molar-refractivity contribution in [2.75, 3.05) is 16.8 Å². The van der Waals surface area contributed by atoms with Crippen molar-refractivity contribution in [2.24, 2.45) is 5.92 Å². The lowest BCUT2D eigenvalue weighted by atomic mass is 10.1. The van der Waals surface area contributed by atoms with Crippen molar-refractivity contribution in [1.29, 1.82) is 0 Å². The Hall–Kier alpha value is -3.00. The molecule has 1 N–H and O–H groups in total. The summed E-state index contributed by atoms with van der Waals surface area (Å²) in [6, 6.07) is 8.28. The van der Waals surface area contributed by atoms with Crippen LogP contribution in [0.25, 0.3) is 0 Å². The molecule has 0 aliphatic carbocycles. The Bertz CT molecular complexity index is 950. The number of nitro groups is 1. The molecule has 1 heterocycles. The third kappa shape index (κ3) is 3.75. The first-order valence-electron chi connectivity index (χ1n) is 8.08. The smallest absolute Gasteiger partial charge is 0.306 e. The fourth-order valence-corrected chi connectivity index (χ4v) is 3.15. The highest BCUT2D eigenvalue weighted by molar-refractivity contribution is 6.31. The molecule has 140 valence electrons. The van der Waals surface area contributed by atoms with Gasteiger partial charge < -0.3 is 10.2 Å². The maximum absolute atomic E-state index is 13.4. The number of nitrogens with zero attached hydrogens (tertiary/aromatic N) is 2. The molecule has 2 amide bonds. The summed E-state index contributed by atoms with van der Waals surface area (Å²) in [7, 11) is 0. The number of carbonyl (C=O) groups excluding carboxylic acids is 2. The lowest BCUT2D eigenvalue weighted by Gasteiger charge is -2.19. The van der Waals surface area contributed by atoms with E-state index in [9.17, 15) is 24.1 Å². The topological polar surface area (TPSA) is 92.6 Å². The van der Waals surface area contributed by atoms with Crippen molar-refractivity contribution in [3.05, 3.63) is 62.9 Å². The second-order valence-electron chi connectivity index (χ2n) is 6.20. The number of benzene rings is 2. The van der Waals surface area contributed by atoms with Crippen LogP contribution in [0, 0.1) is 28.8 Å². The summed E-state index contributed by atoms with van der Waals surface area (Å²) < 4.78 is 13.4. The van der Waals surface area contributed by atoms with Crippen LogP contribution in [0.2, 0.25) is 5.02 Å². The molecule has 3 rings (SSSR count). The molecule has 1 aliphatic heterocycles. The quantitative estimate of drug-likeness (QED) is 0.635. The van der Waals surface area contributed by atoms with E-state index in [1.54, 1.807) is 25.1 Å². The van der Waals surface area contributed by atoms with E-state index in [0.29, 0.717) is 10.7 Å². The van der Waals surface area contributed by atoms with E-state index in [2.05, 4.69) is 5.32 Å². The predicted molar refractivity (Wildman–Crippen MR) is 98.3 cm³/mol. The third-order valence-electron chi connectivity index (χ3n) is 4.44. The molecule has 7 nitrogen and oxygen atoms in total. The first-order chi connectivity index (χ1) is 12.8. The van der Waals surface area contributed by atoms with Crippen molar-refractivity contribution < 1.29 is 18.9 Å². The van der Waals surface area contributed by atoms with Crippen LogP contribution in [0.4, 0.5) is 21.5 Å². The minimum Gasteiger partial charge on any atom is -0.326 e. The van der Waals surface area contributed by atoms with Gasteiger partial charge in [0, 0.05) is 35.4 Å². The molecule has 0 radical (unpaired) electrons. The van der Waals surface area contributed by atoms with Crippen molar-refractivity contribution >= 4 is 40.5 Å². The average Bonchev–Trinajstić information content (AvgIpc) is 3.00. The Balaban J connectivity index is 1.76. The molecule has 0 aromatic heterocycles. The fraction of sp³-hybridized carbons (Fsp3) is 0.222. The van der Waals surface area contributed by atoms with Crippen LogP contribution in [-0.2, 0) is 9.59 Å². The maximum atomic E-state index is 13.4. The number of hydrogen-bond acceptors (Lipinski definition) is 4. The number of halogens is 2. The fourth-order valence-electron chi connectivity index (χ4n) is 2.98. The summed E-state index contributed by atoms with van der Waals surface area (Å²) in [5.74, 6) is -2.31.